The van der Waals surface area contributed by atoms with Crippen molar-refractivity contribution in [3.8, 4) is 0 Å². The average molecular weight is 483 g/mol. The predicted octanol–water partition coefficient (Wildman–Crippen LogP) is 4.92. The van der Waals surface area contributed by atoms with Crippen LogP contribution in [0.25, 0.3) is 11.2 Å². The number of anilines is 2. The molecule has 0 aliphatic rings. The minimum absolute atomic E-state index is 0.144. The van der Waals surface area contributed by atoms with Gasteiger partial charge in [0.05, 0.1) is 30.4 Å². The molecule has 1 aromatic carbocycles. The second-order valence-corrected chi connectivity index (χ2v) is 8.15. The van der Waals surface area contributed by atoms with E-state index in [1.54, 1.807) is 16.9 Å². The summed E-state index contributed by atoms with van der Waals surface area (Å²) < 4.78 is 39.8. The number of nitrogens with zero attached hydrogens (tertiary/aromatic N) is 5. The predicted molar refractivity (Wildman–Crippen MR) is 126 cm³/mol. The van der Waals surface area contributed by atoms with Gasteiger partial charge in [0, 0.05) is 24.1 Å². The van der Waals surface area contributed by atoms with Gasteiger partial charge in [-0.25, -0.2) is 9.97 Å². The normalized spacial score (nSPS) is 12.5. The Morgan fingerprint density at radius 2 is 1.94 bits per heavy atom. The molecule has 0 bridgehead atoms. The van der Waals surface area contributed by atoms with Crippen molar-refractivity contribution in [2.45, 2.75) is 46.0 Å². The number of amides is 1. The van der Waals surface area contributed by atoms with Gasteiger partial charge in [-0.3, -0.25) is 14.5 Å². The standard InChI is InChI=1S/C24H24F3N7O/c1-4-34-13-20-23(33-34)32-21(12-29-20)30-15(3)19-9-18(7-5-14(19)2)31-22(35)10-17-8-6-16(11-28-17)24(25,26)27/h5-9,11-13,15H,4,10H2,1-3H3,(H,31,35)(H,30,32,33)/t15-/m0/s1. The van der Waals surface area contributed by atoms with Crippen LogP contribution in [0.15, 0.2) is 48.9 Å². The molecule has 3 aromatic heterocycles. The van der Waals surface area contributed by atoms with E-state index in [4.69, 9.17) is 0 Å². The first-order valence-corrected chi connectivity index (χ1v) is 11.0. The summed E-state index contributed by atoms with van der Waals surface area (Å²) in [6.07, 6.45) is -0.391. The van der Waals surface area contributed by atoms with Crippen LogP contribution in [-0.2, 0) is 23.9 Å². The minimum atomic E-state index is -4.47. The maximum absolute atomic E-state index is 12.7. The molecule has 0 saturated heterocycles. The van der Waals surface area contributed by atoms with Crippen LogP contribution < -0.4 is 10.6 Å². The Labute approximate surface area is 199 Å². The molecule has 0 spiro atoms. The van der Waals surface area contributed by atoms with Crippen molar-refractivity contribution in [1.82, 2.24) is 24.7 Å². The highest BCUT2D eigenvalue weighted by molar-refractivity contribution is 5.92. The molecule has 35 heavy (non-hydrogen) atoms. The van der Waals surface area contributed by atoms with Gasteiger partial charge in [0.15, 0.2) is 0 Å². The van der Waals surface area contributed by atoms with Crippen molar-refractivity contribution in [3.63, 3.8) is 0 Å². The largest absolute Gasteiger partial charge is 0.417 e. The molecule has 3 heterocycles. The third kappa shape index (κ3) is 5.73. The van der Waals surface area contributed by atoms with E-state index in [2.05, 4.69) is 30.7 Å². The second kappa shape index (κ2) is 9.69. The molecule has 0 radical (unpaired) electrons. The third-order valence-electron chi connectivity index (χ3n) is 5.49. The van der Waals surface area contributed by atoms with E-state index >= 15 is 0 Å². The quantitative estimate of drug-likeness (QED) is 0.387. The van der Waals surface area contributed by atoms with Gasteiger partial charge < -0.3 is 10.6 Å². The summed E-state index contributed by atoms with van der Waals surface area (Å²) in [5.74, 6) is 0.198. The van der Waals surface area contributed by atoms with E-state index in [0.717, 1.165) is 29.9 Å². The first kappa shape index (κ1) is 24.1. The van der Waals surface area contributed by atoms with E-state index < -0.39 is 11.7 Å². The Morgan fingerprint density at radius 3 is 2.63 bits per heavy atom. The van der Waals surface area contributed by atoms with E-state index in [1.807, 2.05) is 39.1 Å². The highest BCUT2D eigenvalue weighted by Gasteiger charge is 2.30. The SMILES string of the molecule is CCn1cc2ncc(N[C@@H](C)c3cc(NC(=O)Cc4ccc(C(F)(F)F)cn4)ccc3C)nc2n1. The van der Waals surface area contributed by atoms with Gasteiger partial charge in [0.1, 0.15) is 11.3 Å². The Bertz CT molecular complexity index is 1350. The molecule has 1 amide bonds. The molecule has 0 aliphatic carbocycles. The van der Waals surface area contributed by atoms with Crippen molar-refractivity contribution in [1.29, 1.82) is 0 Å². The van der Waals surface area contributed by atoms with Gasteiger partial charge in [-0.2, -0.15) is 18.3 Å². The molecular formula is C24H24F3N7O. The molecule has 4 aromatic rings. The number of fused-ring (bicyclic) bond motifs is 1. The van der Waals surface area contributed by atoms with Gasteiger partial charge >= 0.3 is 6.18 Å². The highest BCUT2D eigenvalue weighted by Crippen LogP contribution is 2.28. The summed E-state index contributed by atoms with van der Waals surface area (Å²) in [6.45, 7) is 6.64. The van der Waals surface area contributed by atoms with Crippen LogP contribution in [0.2, 0.25) is 0 Å². The number of hydrogen-bond donors (Lipinski definition) is 2. The molecule has 0 unspecified atom stereocenters. The monoisotopic (exact) mass is 483 g/mol. The lowest BCUT2D eigenvalue weighted by Gasteiger charge is -2.18. The van der Waals surface area contributed by atoms with Gasteiger partial charge in [-0.1, -0.05) is 6.07 Å². The smallest absolute Gasteiger partial charge is 0.362 e. The number of aromatic nitrogens is 5. The van der Waals surface area contributed by atoms with Crippen LogP contribution in [0.4, 0.5) is 24.7 Å². The molecular weight excluding hydrogens is 459 g/mol. The number of hydrogen-bond acceptors (Lipinski definition) is 6. The molecule has 11 heteroatoms. The molecule has 0 aliphatic heterocycles. The van der Waals surface area contributed by atoms with Crippen molar-refractivity contribution in [2.75, 3.05) is 10.6 Å². The lowest BCUT2D eigenvalue weighted by Crippen LogP contribution is -2.16. The zero-order chi connectivity index (χ0) is 25.2. The number of aryl methyl sites for hydroxylation is 2. The summed E-state index contributed by atoms with van der Waals surface area (Å²) in [5, 5.41) is 10.5. The topological polar surface area (TPSA) is 97.6 Å². The number of pyridine rings is 1. The van der Waals surface area contributed by atoms with Crippen molar-refractivity contribution >= 4 is 28.6 Å². The van der Waals surface area contributed by atoms with Crippen LogP contribution in [0.1, 0.15) is 42.3 Å². The first-order valence-electron chi connectivity index (χ1n) is 11.0. The highest BCUT2D eigenvalue weighted by atomic mass is 19.4. The Kier molecular flexibility index (Phi) is 6.68. The number of benzene rings is 1. The van der Waals surface area contributed by atoms with Gasteiger partial charge in [-0.15, -0.1) is 0 Å². The van der Waals surface area contributed by atoms with Gasteiger partial charge in [0.2, 0.25) is 11.6 Å². The van der Waals surface area contributed by atoms with E-state index in [9.17, 15) is 18.0 Å². The molecule has 2 N–H and O–H groups in total. The van der Waals surface area contributed by atoms with Crippen molar-refractivity contribution in [3.05, 3.63) is 71.3 Å². The molecule has 0 saturated carbocycles. The average Bonchev–Trinajstić information content (AvgIpc) is 3.22. The fourth-order valence-electron chi connectivity index (χ4n) is 3.63. The molecule has 182 valence electrons. The van der Waals surface area contributed by atoms with Crippen LogP contribution >= 0.6 is 0 Å². The summed E-state index contributed by atoms with van der Waals surface area (Å²) in [5.41, 5.74) is 3.19. The third-order valence-corrected chi connectivity index (χ3v) is 5.49. The van der Waals surface area contributed by atoms with Gasteiger partial charge in [0.25, 0.3) is 0 Å². The summed E-state index contributed by atoms with van der Waals surface area (Å²) in [4.78, 5) is 25.1. The van der Waals surface area contributed by atoms with Gasteiger partial charge in [-0.05, 0) is 56.2 Å². The maximum atomic E-state index is 12.7. The van der Waals surface area contributed by atoms with Crippen molar-refractivity contribution in [2.24, 2.45) is 0 Å². The lowest BCUT2D eigenvalue weighted by molar-refractivity contribution is -0.137. The zero-order valence-corrected chi connectivity index (χ0v) is 19.4. The first-order chi connectivity index (χ1) is 16.6. The number of carbonyl (C=O) groups excluding carboxylic acids is 1. The Morgan fingerprint density at radius 1 is 1.14 bits per heavy atom. The van der Waals surface area contributed by atoms with Crippen LogP contribution in [-0.4, -0.2) is 30.6 Å². The van der Waals surface area contributed by atoms with E-state index in [-0.39, 0.29) is 24.1 Å². The number of nitrogens with one attached hydrogen (secondary N) is 2. The maximum Gasteiger partial charge on any atom is 0.417 e. The minimum Gasteiger partial charge on any atom is -0.362 e. The number of alkyl halides is 3. The fraction of sp³-hybridized carbons (Fsp3) is 0.292. The number of rotatable bonds is 7. The zero-order valence-electron chi connectivity index (χ0n) is 19.4. The number of carbonyl (C=O) groups is 1. The molecule has 0 fully saturated rings. The molecule has 1 atom stereocenters. The van der Waals surface area contributed by atoms with E-state index in [0.29, 0.717) is 22.7 Å². The summed E-state index contributed by atoms with van der Waals surface area (Å²) >= 11 is 0. The second-order valence-electron chi connectivity index (χ2n) is 8.15. The van der Waals surface area contributed by atoms with E-state index in [1.165, 1.54) is 6.07 Å². The summed E-state index contributed by atoms with van der Waals surface area (Å²) in [7, 11) is 0. The Hall–Kier alpha value is -4.02. The molecule has 4 rings (SSSR count). The van der Waals surface area contributed by atoms with Crippen LogP contribution in [0, 0.1) is 6.92 Å². The van der Waals surface area contributed by atoms with Crippen LogP contribution in [0.3, 0.4) is 0 Å². The molecule has 8 nitrogen and oxygen atoms in total. The number of halogens is 3. The van der Waals surface area contributed by atoms with Crippen molar-refractivity contribution < 1.29 is 18.0 Å². The fourth-order valence-corrected chi connectivity index (χ4v) is 3.63. The van der Waals surface area contributed by atoms with Crippen LogP contribution in [0.5, 0.6) is 0 Å². The Balaban J connectivity index is 1.43. The summed E-state index contributed by atoms with van der Waals surface area (Å²) in [6, 6.07) is 7.48. The lowest BCUT2D eigenvalue weighted by atomic mass is 10.0.